The van der Waals surface area contributed by atoms with Crippen LogP contribution in [-0.4, -0.2) is 22.5 Å². The maximum atomic E-state index is 12.6. The van der Waals surface area contributed by atoms with Gasteiger partial charge in [0.1, 0.15) is 11.5 Å². The molecule has 1 nitrogen and oxygen atoms in total. The lowest BCUT2D eigenvalue weighted by Gasteiger charge is -2.22. The molecule has 24 heavy (non-hydrogen) atoms. The van der Waals surface area contributed by atoms with Crippen molar-refractivity contribution in [3.63, 3.8) is 0 Å². The Morgan fingerprint density at radius 3 is 2.08 bits per heavy atom. The van der Waals surface area contributed by atoms with Gasteiger partial charge in [-0.25, -0.2) is 0 Å². The summed E-state index contributed by atoms with van der Waals surface area (Å²) in [5.41, 5.74) is 2.38. The Morgan fingerprint density at radius 1 is 1.00 bits per heavy atom. The number of ketones is 1. The Hall–Kier alpha value is -0.760. The van der Waals surface area contributed by atoms with Gasteiger partial charge in [-0.2, -0.15) is 0 Å². The number of rotatable bonds is 4. The van der Waals surface area contributed by atoms with Crippen LogP contribution in [0, 0.1) is 0 Å². The van der Waals surface area contributed by atoms with E-state index in [4.69, 9.17) is 0 Å². The summed E-state index contributed by atoms with van der Waals surface area (Å²) in [7, 11) is 0.338. The van der Waals surface area contributed by atoms with Gasteiger partial charge < -0.3 is 0 Å². The van der Waals surface area contributed by atoms with E-state index in [0.29, 0.717) is 16.7 Å². The maximum absolute atomic E-state index is 12.6. The molecule has 2 fully saturated rings. The monoisotopic (exact) mass is 347 g/mol. The van der Waals surface area contributed by atoms with Crippen molar-refractivity contribution in [2.75, 3.05) is 11.5 Å². The smallest absolute Gasteiger partial charge is 0.214 e. The van der Waals surface area contributed by atoms with Gasteiger partial charge >= 0.3 is 0 Å². The number of hydrogen-bond donors (Lipinski definition) is 0. The molecular weight excluding hydrogens is 312 g/mol. The van der Waals surface area contributed by atoms with Crippen LogP contribution in [0.25, 0.3) is 0 Å². The number of carbonyl (C=O) groups is 1. The van der Waals surface area contributed by atoms with Crippen LogP contribution in [0.4, 0.5) is 0 Å². The van der Waals surface area contributed by atoms with Gasteiger partial charge in [-0.1, -0.05) is 63.8 Å². The molecule has 0 spiro atoms. The SMILES string of the molecule is CC(C(=O)c1ccc(C2CCCCC2)cc1)[S+]1CCCC1.CCC. The molecule has 1 atom stereocenters. The van der Waals surface area contributed by atoms with Gasteiger partial charge in [0.25, 0.3) is 0 Å². The first-order chi connectivity index (χ1) is 11.7. The van der Waals surface area contributed by atoms with Gasteiger partial charge in [-0.05, 0) is 55.0 Å². The van der Waals surface area contributed by atoms with E-state index in [9.17, 15) is 4.79 Å². The third-order valence-electron chi connectivity index (χ3n) is 5.20. The molecule has 1 aliphatic carbocycles. The van der Waals surface area contributed by atoms with Gasteiger partial charge in [0.15, 0.2) is 5.25 Å². The number of hydrogen-bond acceptors (Lipinski definition) is 1. The largest absolute Gasteiger partial charge is 0.289 e. The van der Waals surface area contributed by atoms with Crippen molar-refractivity contribution in [2.45, 2.75) is 83.3 Å². The van der Waals surface area contributed by atoms with Gasteiger partial charge in [-0.3, -0.25) is 4.79 Å². The summed E-state index contributed by atoms with van der Waals surface area (Å²) in [6.07, 6.45) is 10.7. The molecule has 1 unspecified atom stereocenters. The molecule has 0 amide bonds. The standard InChI is InChI=1S/C19H27OS.C3H8/c1-15(21-13-5-6-14-21)19(20)18-11-9-17(10-12-18)16-7-3-2-4-8-16;1-3-2/h9-12,15-16H,2-8,13-14H2,1H3;3H2,1-2H3/q+1;. The molecule has 1 aromatic carbocycles. The second-order valence-corrected chi connectivity index (χ2v) is 9.92. The van der Waals surface area contributed by atoms with E-state index in [1.165, 1.54) is 68.4 Å². The lowest BCUT2D eigenvalue weighted by atomic mass is 9.84. The molecule has 1 aromatic rings. The lowest BCUT2D eigenvalue weighted by Crippen LogP contribution is -2.28. The zero-order chi connectivity index (χ0) is 17.4. The molecular formula is C22H35OS+. The van der Waals surface area contributed by atoms with Crippen molar-refractivity contribution in [2.24, 2.45) is 0 Å². The van der Waals surface area contributed by atoms with Gasteiger partial charge in [-0.15, -0.1) is 0 Å². The summed E-state index contributed by atoms with van der Waals surface area (Å²) >= 11 is 0. The summed E-state index contributed by atoms with van der Waals surface area (Å²) in [5, 5.41) is 0.230. The Morgan fingerprint density at radius 2 is 1.54 bits per heavy atom. The third kappa shape index (κ3) is 5.37. The molecule has 2 aliphatic rings. The molecule has 0 radical (unpaired) electrons. The van der Waals surface area contributed by atoms with Crippen molar-refractivity contribution in [3.05, 3.63) is 35.4 Å². The normalized spacial score (nSPS) is 20.3. The Bertz CT molecular complexity index is 481. The quantitative estimate of drug-likeness (QED) is 0.472. The van der Waals surface area contributed by atoms with Crippen molar-refractivity contribution < 1.29 is 4.79 Å². The molecule has 0 aromatic heterocycles. The van der Waals surface area contributed by atoms with Crippen LogP contribution in [0.3, 0.4) is 0 Å². The van der Waals surface area contributed by atoms with Crippen LogP contribution in [-0.2, 0) is 10.9 Å². The topological polar surface area (TPSA) is 17.1 Å². The molecule has 1 aliphatic heterocycles. The second-order valence-electron chi connectivity index (χ2n) is 7.32. The zero-order valence-corrected chi connectivity index (χ0v) is 16.7. The Labute approximate surface area is 152 Å². The van der Waals surface area contributed by atoms with Crippen LogP contribution in [0.2, 0.25) is 0 Å². The van der Waals surface area contributed by atoms with Gasteiger partial charge in [0, 0.05) is 5.56 Å². The summed E-state index contributed by atoms with van der Waals surface area (Å²) < 4.78 is 0. The predicted octanol–water partition coefficient (Wildman–Crippen LogP) is 6.13. The van der Waals surface area contributed by atoms with E-state index < -0.39 is 0 Å². The van der Waals surface area contributed by atoms with Gasteiger partial charge in [0.2, 0.25) is 5.78 Å². The first-order valence-corrected chi connectivity index (χ1v) is 11.6. The highest BCUT2D eigenvalue weighted by molar-refractivity contribution is 7.98. The minimum absolute atomic E-state index is 0.230. The minimum atomic E-state index is 0.230. The molecule has 134 valence electrons. The molecule has 3 rings (SSSR count). The lowest BCUT2D eigenvalue weighted by molar-refractivity contribution is 0.0993. The van der Waals surface area contributed by atoms with Crippen molar-refractivity contribution in [1.29, 1.82) is 0 Å². The predicted molar refractivity (Wildman–Crippen MR) is 108 cm³/mol. The van der Waals surface area contributed by atoms with Crippen LogP contribution in [0.1, 0.15) is 94.0 Å². The number of benzene rings is 1. The van der Waals surface area contributed by atoms with Crippen LogP contribution in [0.5, 0.6) is 0 Å². The van der Waals surface area contributed by atoms with Crippen molar-refractivity contribution in [3.8, 4) is 0 Å². The first-order valence-electron chi connectivity index (χ1n) is 9.97. The van der Waals surface area contributed by atoms with Gasteiger partial charge in [0.05, 0.1) is 0 Å². The fraction of sp³-hybridized carbons (Fsp3) is 0.682. The average molecular weight is 348 g/mol. The molecule has 1 saturated heterocycles. The Balaban J connectivity index is 0.000000647. The molecule has 2 heteroatoms. The van der Waals surface area contributed by atoms with E-state index in [0.717, 1.165) is 11.5 Å². The van der Waals surface area contributed by atoms with Crippen LogP contribution in [0.15, 0.2) is 24.3 Å². The Kier molecular flexibility index (Phi) is 8.38. The number of Topliss-reactive ketones (excluding diaryl/α,β-unsaturated/α-hetero) is 1. The van der Waals surface area contributed by atoms with Crippen molar-refractivity contribution in [1.82, 2.24) is 0 Å². The van der Waals surface area contributed by atoms with E-state index in [-0.39, 0.29) is 5.25 Å². The van der Waals surface area contributed by atoms with E-state index in [1.54, 1.807) is 0 Å². The summed E-state index contributed by atoms with van der Waals surface area (Å²) in [6.45, 7) is 6.39. The fourth-order valence-electron chi connectivity index (χ4n) is 3.77. The van der Waals surface area contributed by atoms with E-state index >= 15 is 0 Å². The highest BCUT2D eigenvalue weighted by atomic mass is 32.2. The molecule has 1 heterocycles. The second kappa shape index (κ2) is 10.3. The van der Waals surface area contributed by atoms with Crippen molar-refractivity contribution >= 4 is 16.7 Å². The average Bonchev–Trinajstić information content (AvgIpc) is 3.17. The summed E-state index contributed by atoms with van der Waals surface area (Å²) in [6, 6.07) is 8.60. The highest BCUT2D eigenvalue weighted by Gasteiger charge is 2.35. The summed E-state index contributed by atoms with van der Waals surface area (Å²) in [5.74, 6) is 3.65. The van der Waals surface area contributed by atoms with Crippen LogP contribution < -0.4 is 0 Å². The minimum Gasteiger partial charge on any atom is -0.289 e. The maximum Gasteiger partial charge on any atom is 0.214 e. The van der Waals surface area contributed by atoms with E-state index in [1.807, 2.05) is 0 Å². The first kappa shape index (κ1) is 19.6. The molecule has 0 N–H and O–H groups in total. The molecule has 0 bridgehead atoms. The molecule has 1 saturated carbocycles. The summed E-state index contributed by atoms with van der Waals surface area (Å²) in [4.78, 5) is 12.6. The fourth-order valence-corrected chi connectivity index (χ4v) is 6.27. The van der Waals surface area contributed by atoms with Crippen LogP contribution >= 0.6 is 0 Å². The van der Waals surface area contributed by atoms with E-state index in [2.05, 4.69) is 45.0 Å². The highest BCUT2D eigenvalue weighted by Crippen LogP contribution is 2.32. The zero-order valence-electron chi connectivity index (χ0n) is 15.9. The number of carbonyl (C=O) groups excluding carboxylic acids is 1. The third-order valence-corrected chi connectivity index (χ3v) is 8.04.